The Kier molecular flexibility index (Phi) is 2.94. The number of hydrogen-bond acceptors (Lipinski definition) is 3. The van der Waals surface area contributed by atoms with E-state index >= 15 is 0 Å². The Hall–Kier alpha value is -1.46. The van der Waals surface area contributed by atoms with E-state index in [9.17, 15) is 0 Å². The lowest BCUT2D eigenvalue weighted by Crippen LogP contribution is -2.15. The number of hydrogen-bond donors (Lipinski definition) is 3. The quantitative estimate of drug-likeness (QED) is 0.690. The topological polar surface area (TPSA) is 70.5 Å². The highest BCUT2D eigenvalue weighted by atomic mass is 32.1. The number of nitrogens with zero attached hydrogens (tertiary/aromatic N) is 1. The van der Waals surface area contributed by atoms with Gasteiger partial charge in [-0.3, -0.25) is 10.2 Å². The third-order valence-electron chi connectivity index (χ3n) is 2.17. The normalized spacial score (nSPS) is 12.6. The molecule has 78 valence electrons. The van der Waals surface area contributed by atoms with E-state index < -0.39 is 0 Å². The van der Waals surface area contributed by atoms with Crippen LogP contribution in [0, 0.1) is 4.77 Å². The Morgan fingerprint density at radius 3 is 2.60 bits per heavy atom. The van der Waals surface area contributed by atoms with E-state index in [2.05, 4.69) is 15.2 Å². The number of nitrogens with two attached hydrogens (primary N) is 1. The summed E-state index contributed by atoms with van der Waals surface area (Å²) in [5, 5.41) is 5.59. The molecule has 1 heterocycles. The van der Waals surface area contributed by atoms with Crippen molar-refractivity contribution >= 4 is 12.2 Å². The van der Waals surface area contributed by atoms with Crippen LogP contribution in [0.3, 0.4) is 0 Å². The van der Waals surface area contributed by atoms with Gasteiger partial charge in [0.2, 0.25) is 4.77 Å². The lowest BCUT2D eigenvalue weighted by molar-refractivity contribution is 0.671. The first-order valence-corrected chi connectivity index (χ1v) is 5.10. The molecule has 0 saturated carbocycles. The Bertz CT molecular complexity index is 473. The third-order valence-corrected chi connectivity index (χ3v) is 2.36. The number of rotatable bonds is 3. The van der Waals surface area contributed by atoms with E-state index in [4.69, 9.17) is 18.0 Å². The Morgan fingerprint density at radius 1 is 1.27 bits per heavy atom. The van der Waals surface area contributed by atoms with E-state index in [0.717, 1.165) is 6.42 Å². The molecule has 0 radical (unpaired) electrons. The molecule has 1 aromatic heterocycles. The van der Waals surface area contributed by atoms with Crippen molar-refractivity contribution in [2.75, 3.05) is 0 Å². The molecule has 2 aromatic rings. The molecule has 1 atom stereocenters. The zero-order valence-electron chi connectivity index (χ0n) is 8.10. The van der Waals surface area contributed by atoms with Gasteiger partial charge >= 0.3 is 0 Å². The van der Waals surface area contributed by atoms with Crippen LogP contribution < -0.4 is 5.73 Å². The summed E-state index contributed by atoms with van der Waals surface area (Å²) in [6, 6.07) is 9.91. The molecular formula is C10H12N4S. The van der Waals surface area contributed by atoms with Gasteiger partial charge in [-0.1, -0.05) is 30.3 Å². The van der Waals surface area contributed by atoms with Gasteiger partial charge in [-0.2, -0.15) is 0 Å². The summed E-state index contributed by atoms with van der Waals surface area (Å²) in [5.41, 5.74) is 7.17. The fraction of sp³-hybridized carbons (Fsp3) is 0.200. The van der Waals surface area contributed by atoms with Crippen LogP contribution in [0.25, 0.3) is 0 Å². The lowest BCUT2D eigenvalue weighted by Gasteiger charge is -2.07. The molecule has 4 N–H and O–H groups in total. The van der Waals surface area contributed by atoms with Crippen molar-refractivity contribution < 1.29 is 0 Å². The Balaban J connectivity index is 2.10. The van der Waals surface area contributed by atoms with Crippen LogP contribution in [0.5, 0.6) is 0 Å². The van der Waals surface area contributed by atoms with Gasteiger partial charge in [0.25, 0.3) is 0 Å². The first kappa shape index (κ1) is 10.1. The largest absolute Gasteiger partial charge is 0.321 e. The first-order valence-electron chi connectivity index (χ1n) is 4.70. The number of aromatic nitrogens is 3. The van der Waals surface area contributed by atoms with E-state index in [1.165, 1.54) is 5.56 Å². The second kappa shape index (κ2) is 4.37. The molecule has 0 spiro atoms. The molecule has 1 unspecified atom stereocenters. The molecule has 0 bridgehead atoms. The summed E-state index contributed by atoms with van der Waals surface area (Å²) in [6.45, 7) is 0. The predicted octanol–water partition coefficient (Wildman–Crippen LogP) is 1.71. The second-order valence-electron chi connectivity index (χ2n) is 3.35. The summed E-state index contributed by atoms with van der Waals surface area (Å²) < 4.78 is 0.438. The SMILES string of the molecule is NC(Cc1ccccc1)c1nc(=S)[nH][nH]1. The Morgan fingerprint density at radius 2 is 2.00 bits per heavy atom. The van der Waals surface area contributed by atoms with Gasteiger partial charge in [0, 0.05) is 0 Å². The fourth-order valence-corrected chi connectivity index (χ4v) is 1.57. The first-order chi connectivity index (χ1) is 7.25. The van der Waals surface area contributed by atoms with E-state index in [-0.39, 0.29) is 6.04 Å². The van der Waals surface area contributed by atoms with Gasteiger partial charge in [-0.05, 0) is 24.2 Å². The van der Waals surface area contributed by atoms with Crippen LogP contribution >= 0.6 is 12.2 Å². The summed E-state index contributed by atoms with van der Waals surface area (Å²) in [5.74, 6) is 0.698. The highest BCUT2D eigenvalue weighted by molar-refractivity contribution is 7.71. The van der Waals surface area contributed by atoms with Gasteiger partial charge < -0.3 is 5.73 Å². The van der Waals surface area contributed by atoms with Gasteiger partial charge in [0.15, 0.2) is 0 Å². The van der Waals surface area contributed by atoms with Gasteiger partial charge in [-0.15, -0.1) is 0 Å². The number of nitrogens with one attached hydrogen (secondary N) is 2. The fourth-order valence-electron chi connectivity index (χ4n) is 1.42. The average Bonchev–Trinajstić information content (AvgIpc) is 2.66. The highest BCUT2D eigenvalue weighted by Gasteiger charge is 2.09. The van der Waals surface area contributed by atoms with Crippen molar-refractivity contribution in [1.82, 2.24) is 15.2 Å². The van der Waals surface area contributed by atoms with Gasteiger partial charge in [0.1, 0.15) is 5.82 Å². The van der Waals surface area contributed by atoms with Crippen molar-refractivity contribution in [2.24, 2.45) is 5.73 Å². The van der Waals surface area contributed by atoms with Crippen LogP contribution in [0.15, 0.2) is 30.3 Å². The number of benzene rings is 1. The number of H-pyrrole nitrogens is 2. The van der Waals surface area contributed by atoms with Crippen LogP contribution in [-0.4, -0.2) is 15.2 Å². The van der Waals surface area contributed by atoms with Gasteiger partial charge in [-0.25, -0.2) is 4.98 Å². The van der Waals surface area contributed by atoms with Crippen LogP contribution in [0.1, 0.15) is 17.4 Å². The molecule has 5 heteroatoms. The van der Waals surface area contributed by atoms with E-state index in [0.29, 0.717) is 10.6 Å². The van der Waals surface area contributed by atoms with Crippen molar-refractivity contribution in [3.63, 3.8) is 0 Å². The molecule has 1 aromatic carbocycles. The monoisotopic (exact) mass is 220 g/mol. The minimum absolute atomic E-state index is 0.152. The second-order valence-corrected chi connectivity index (χ2v) is 3.74. The summed E-state index contributed by atoms with van der Waals surface area (Å²) in [6.07, 6.45) is 0.747. The summed E-state index contributed by atoms with van der Waals surface area (Å²) >= 11 is 4.86. The standard InChI is InChI=1S/C10H12N4S/c11-8(9-12-10(15)14-13-9)6-7-4-2-1-3-5-7/h1-5,8H,6,11H2,(H2,12,13,14,15). The Labute approximate surface area is 92.5 Å². The maximum Gasteiger partial charge on any atom is 0.213 e. The predicted molar refractivity (Wildman–Crippen MR) is 60.8 cm³/mol. The number of aromatic amines is 2. The molecule has 0 aliphatic heterocycles. The molecular weight excluding hydrogens is 208 g/mol. The zero-order chi connectivity index (χ0) is 10.7. The molecule has 0 amide bonds. The van der Waals surface area contributed by atoms with Crippen LogP contribution in [0.4, 0.5) is 0 Å². The zero-order valence-corrected chi connectivity index (χ0v) is 8.92. The van der Waals surface area contributed by atoms with Crippen molar-refractivity contribution in [2.45, 2.75) is 12.5 Å². The van der Waals surface area contributed by atoms with Crippen LogP contribution in [0.2, 0.25) is 0 Å². The molecule has 0 aliphatic rings. The third kappa shape index (κ3) is 2.51. The minimum Gasteiger partial charge on any atom is -0.321 e. The molecule has 4 nitrogen and oxygen atoms in total. The highest BCUT2D eigenvalue weighted by Crippen LogP contribution is 2.11. The minimum atomic E-state index is -0.152. The van der Waals surface area contributed by atoms with Gasteiger partial charge in [0.05, 0.1) is 6.04 Å². The molecule has 0 saturated heterocycles. The summed E-state index contributed by atoms with van der Waals surface area (Å²) in [7, 11) is 0. The van der Waals surface area contributed by atoms with Crippen molar-refractivity contribution in [1.29, 1.82) is 0 Å². The smallest absolute Gasteiger partial charge is 0.213 e. The molecule has 0 aliphatic carbocycles. The summed E-state index contributed by atoms with van der Waals surface area (Å²) in [4.78, 5) is 4.09. The van der Waals surface area contributed by atoms with Crippen LogP contribution in [-0.2, 0) is 6.42 Å². The van der Waals surface area contributed by atoms with Crippen molar-refractivity contribution in [3.05, 3.63) is 46.5 Å². The maximum atomic E-state index is 5.98. The van der Waals surface area contributed by atoms with E-state index in [1.54, 1.807) is 0 Å². The van der Waals surface area contributed by atoms with E-state index in [1.807, 2.05) is 30.3 Å². The van der Waals surface area contributed by atoms with Crippen molar-refractivity contribution in [3.8, 4) is 0 Å². The molecule has 15 heavy (non-hydrogen) atoms. The lowest BCUT2D eigenvalue weighted by atomic mass is 10.1. The average molecular weight is 220 g/mol. The maximum absolute atomic E-state index is 5.98. The molecule has 2 rings (SSSR count). The molecule has 0 fully saturated rings.